The topological polar surface area (TPSA) is 24.1 Å². The Labute approximate surface area is 142 Å². The SMILES string of the molecule is Cc1ccc(C)c(C(C)NC(=S)NCc2ccc(Cl)cc2)c1. The number of nitrogens with one attached hydrogen (secondary N) is 2. The molecule has 22 heavy (non-hydrogen) atoms. The van der Waals surface area contributed by atoms with Gasteiger partial charge in [0.15, 0.2) is 5.11 Å². The third kappa shape index (κ3) is 4.72. The Morgan fingerprint density at radius 1 is 1.14 bits per heavy atom. The Hall–Kier alpha value is -1.58. The number of rotatable bonds is 4. The van der Waals surface area contributed by atoms with Gasteiger partial charge in [0, 0.05) is 11.6 Å². The second-order valence-corrected chi connectivity index (χ2v) is 6.38. The average molecular weight is 333 g/mol. The fraction of sp³-hybridized carbons (Fsp3) is 0.278. The molecule has 0 bridgehead atoms. The molecule has 2 aromatic rings. The molecule has 0 radical (unpaired) electrons. The van der Waals surface area contributed by atoms with Gasteiger partial charge in [-0.3, -0.25) is 0 Å². The molecule has 2 nitrogen and oxygen atoms in total. The predicted molar refractivity (Wildman–Crippen MR) is 98.4 cm³/mol. The van der Waals surface area contributed by atoms with Gasteiger partial charge in [-0.05, 0) is 61.8 Å². The van der Waals surface area contributed by atoms with Crippen molar-refractivity contribution in [2.24, 2.45) is 0 Å². The molecule has 4 heteroatoms. The van der Waals surface area contributed by atoms with Crippen LogP contribution >= 0.6 is 23.8 Å². The summed E-state index contributed by atoms with van der Waals surface area (Å²) >= 11 is 11.3. The number of halogens is 1. The van der Waals surface area contributed by atoms with Crippen molar-refractivity contribution in [1.82, 2.24) is 10.6 Å². The zero-order chi connectivity index (χ0) is 16.1. The minimum atomic E-state index is 0.171. The molecular weight excluding hydrogens is 312 g/mol. The quantitative estimate of drug-likeness (QED) is 0.795. The van der Waals surface area contributed by atoms with Crippen LogP contribution in [0, 0.1) is 13.8 Å². The van der Waals surface area contributed by atoms with E-state index in [0.29, 0.717) is 11.7 Å². The second-order valence-electron chi connectivity index (χ2n) is 5.54. The normalized spacial score (nSPS) is 11.8. The van der Waals surface area contributed by atoms with Crippen LogP contribution in [-0.2, 0) is 6.54 Å². The van der Waals surface area contributed by atoms with Gasteiger partial charge in [0.1, 0.15) is 0 Å². The summed E-state index contributed by atoms with van der Waals surface area (Å²) in [5, 5.41) is 7.97. The van der Waals surface area contributed by atoms with E-state index >= 15 is 0 Å². The molecule has 2 rings (SSSR count). The summed E-state index contributed by atoms with van der Waals surface area (Å²) in [6, 6.07) is 14.4. The highest BCUT2D eigenvalue weighted by Gasteiger charge is 2.09. The highest BCUT2D eigenvalue weighted by Crippen LogP contribution is 2.18. The monoisotopic (exact) mass is 332 g/mol. The largest absolute Gasteiger partial charge is 0.359 e. The van der Waals surface area contributed by atoms with Crippen molar-refractivity contribution >= 4 is 28.9 Å². The highest BCUT2D eigenvalue weighted by molar-refractivity contribution is 7.80. The number of hydrogen-bond acceptors (Lipinski definition) is 1. The van der Waals surface area contributed by atoms with E-state index < -0.39 is 0 Å². The lowest BCUT2D eigenvalue weighted by molar-refractivity contribution is 0.693. The van der Waals surface area contributed by atoms with Crippen LogP contribution in [0.4, 0.5) is 0 Å². The lowest BCUT2D eigenvalue weighted by Gasteiger charge is -2.19. The van der Waals surface area contributed by atoms with Gasteiger partial charge in [0.2, 0.25) is 0 Å². The number of benzene rings is 2. The first-order valence-electron chi connectivity index (χ1n) is 7.31. The van der Waals surface area contributed by atoms with Gasteiger partial charge in [-0.2, -0.15) is 0 Å². The lowest BCUT2D eigenvalue weighted by Crippen LogP contribution is -2.36. The predicted octanol–water partition coefficient (Wildman–Crippen LogP) is 4.68. The molecule has 0 aliphatic heterocycles. The zero-order valence-corrected chi connectivity index (χ0v) is 14.7. The Morgan fingerprint density at radius 2 is 1.82 bits per heavy atom. The first-order valence-corrected chi connectivity index (χ1v) is 8.10. The Balaban J connectivity index is 1.91. The summed E-state index contributed by atoms with van der Waals surface area (Å²) in [4.78, 5) is 0. The summed E-state index contributed by atoms with van der Waals surface area (Å²) < 4.78 is 0. The summed E-state index contributed by atoms with van der Waals surface area (Å²) in [6.45, 7) is 7.03. The second kappa shape index (κ2) is 7.61. The maximum atomic E-state index is 5.88. The molecule has 0 saturated carbocycles. The standard InChI is InChI=1S/C18H21ClN2S/c1-12-4-5-13(2)17(10-12)14(3)21-18(22)20-11-15-6-8-16(19)9-7-15/h4-10,14H,11H2,1-3H3,(H2,20,21,22). The van der Waals surface area contributed by atoms with Crippen molar-refractivity contribution in [3.8, 4) is 0 Å². The van der Waals surface area contributed by atoms with Crippen LogP contribution in [0.5, 0.6) is 0 Å². The lowest BCUT2D eigenvalue weighted by atomic mass is 10.0. The number of thiocarbonyl (C=S) groups is 1. The molecule has 0 fully saturated rings. The van der Waals surface area contributed by atoms with E-state index in [-0.39, 0.29) is 6.04 Å². The van der Waals surface area contributed by atoms with Crippen LogP contribution in [0.2, 0.25) is 5.02 Å². The van der Waals surface area contributed by atoms with Crippen LogP contribution in [0.25, 0.3) is 0 Å². The summed E-state index contributed by atoms with van der Waals surface area (Å²) in [5.41, 5.74) is 4.95. The summed E-state index contributed by atoms with van der Waals surface area (Å²) in [6.07, 6.45) is 0. The molecule has 0 amide bonds. The first kappa shape index (κ1) is 16.8. The maximum absolute atomic E-state index is 5.88. The molecule has 0 spiro atoms. The van der Waals surface area contributed by atoms with Crippen molar-refractivity contribution in [3.63, 3.8) is 0 Å². The molecule has 2 aromatic carbocycles. The fourth-order valence-corrected chi connectivity index (χ4v) is 2.71. The first-order chi connectivity index (χ1) is 10.5. The van der Waals surface area contributed by atoms with Crippen LogP contribution in [0.15, 0.2) is 42.5 Å². The van der Waals surface area contributed by atoms with E-state index in [0.717, 1.165) is 10.6 Å². The molecule has 0 aliphatic carbocycles. The Kier molecular flexibility index (Phi) is 5.81. The molecule has 116 valence electrons. The van der Waals surface area contributed by atoms with Crippen LogP contribution in [0.3, 0.4) is 0 Å². The van der Waals surface area contributed by atoms with Crippen LogP contribution in [-0.4, -0.2) is 5.11 Å². The molecule has 0 aromatic heterocycles. The average Bonchev–Trinajstić information content (AvgIpc) is 2.49. The van der Waals surface area contributed by atoms with Gasteiger partial charge < -0.3 is 10.6 Å². The van der Waals surface area contributed by atoms with E-state index in [9.17, 15) is 0 Å². The van der Waals surface area contributed by atoms with Gasteiger partial charge in [-0.1, -0.05) is 47.5 Å². The van der Waals surface area contributed by atoms with Crippen LogP contribution < -0.4 is 10.6 Å². The fourth-order valence-electron chi connectivity index (χ4n) is 2.34. The van der Waals surface area contributed by atoms with E-state index in [2.05, 4.69) is 49.6 Å². The zero-order valence-electron chi connectivity index (χ0n) is 13.1. The molecule has 0 aliphatic rings. The Bertz CT molecular complexity index is 653. The smallest absolute Gasteiger partial charge is 0.167 e. The molecule has 0 heterocycles. The molecule has 0 saturated heterocycles. The van der Waals surface area contributed by atoms with Crippen molar-refractivity contribution in [2.75, 3.05) is 0 Å². The summed E-state index contributed by atoms with van der Waals surface area (Å²) in [5.74, 6) is 0. The maximum Gasteiger partial charge on any atom is 0.167 e. The van der Waals surface area contributed by atoms with Gasteiger partial charge in [-0.15, -0.1) is 0 Å². The van der Waals surface area contributed by atoms with Crippen molar-refractivity contribution < 1.29 is 0 Å². The number of hydrogen-bond donors (Lipinski definition) is 2. The van der Waals surface area contributed by atoms with E-state index in [1.54, 1.807) is 0 Å². The highest BCUT2D eigenvalue weighted by atomic mass is 35.5. The van der Waals surface area contributed by atoms with Crippen molar-refractivity contribution in [3.05, 3.63) is 69.7 Å². The molecule has 2 N–H and O–H groups in total. The van der Waals surface area contributed by atoms with Crippen LogP contribution in [0.1, 0.15) is 35.2 Å². The third-order valence-electron chi connectivity index (χ3n) is 3.62. The van der Waals surface area contributed by atoms with Crippen molar-refractivity contribution in [1.29, 1.82) is 0 Å². The summed E-state index contributed by atoms with van der Waals surface area (Å²) in [7, 11) is 0. The van der Waals surface area contributed by atoms with Gasteiger partial charge in [0.05, 0.1) is 6.04 Å². The van der Waals surface area contributed by atoms with Gasteiger partial charge in [-0.25, -0.2) is 0 Å². The minimum absolute atomic E-state index is 0.171. The van der Waals surface area contributed by atoms with Crippen molar-refractivity contribution in [2.45, 2.75) is 33.4 Å². The number of aryl methyl sites for hydroxylation is 2. The van der Waals surface area contributed by atoms with E-state index in [4.69, 9.17) is 23.8 Å². The van der Waals surface area contributed by atoms with Gasteiger partial charge in [0.25, 0.3) is 0 Å². The Morgan fingerprint density at radius 3 is 2.50 bits per heavy atom. The molecule has 1 unspecified atom stereocenters. The van der Waals surface area contributed by atoms with E-state index in [1.165, 1.54) is 16.7 Å². The third-order valence-corrected chi connectivity index (χ3v) is 4.13. The molecular formula is C18H21ClN2S. The minimum Gasteiger partial charge on any atom is -0.359 e. The van der Waals surface area contributed by atoms with E-state index in [1.807, 2.05) is 24.3 Å². The molecule has 1 atom stereocenters. The van der Waals surface area contributed by atoms with Gasteiger partial charge >= 0.3 is 0 Å².